The van der Waals surface area contributed by atoms with E-state index in [1.165, 1.54) is 0 Å². The van der Waals surface area contributed by atoms with Crippen LogP contribution in [0.4, 0.5) is 0 Å². The van der Waals surface area contributed by atoms with Crippen LogP contribution in [0.1, 0.15) is 52.4 Å². The third-order valence-corrected chi connectivity index (χ3v) is 4.55. The highest BCUT2D eigenvalue weighted by atomic mass is 16.5. The molecule has 0 aromatic heterocycles. The highest BCUT2D eigenvalue weighted by Gasteiger charge is 2.58. The lowest BCUT2D eigenvalue weighted by molar-refractivity contribution is -0.185. The van der Waals surface area contributed by atoms with Crippen molar-refractivity contribution < 1.29 is 45.0 Å². The van der Waals surface area contributed by atoms with Crippen LogP contribution in [0, 0.1) is 0 Å². The van der Waals surface area contributed by atoms with Gasteiger partial charge in [0.15, 0.2) is 0 Å². The Labute approximate surface area is 159 Å². The predicted octanol–water partition coefficient (Wildman–Crippen LogP) is -1.31. The lowest BCUT2D eigenvalue weighted by Crippen LogP contribution is -2.66. The monoisotopic (exact) mass is 394 g/mol. The largest absolute Gasteiger partial charge is 0.394 e. The normalized spacial score (nSPS) is 18.4. The van der Waals surface area contributed by atoms with Gasteiger partial charge < -0.3 is 35.4 Å². The molecule has 0 aliphatic carbocycles. The first kappa shape index (κ1) is 26.1. The van der Waals surface area contributed by atoms with Crippen molar-refractivity contribution in [3.05, 3.63) is 0 Å². The quantitative estimate of drug-likeness (QED) is 0.138. The molecule has 0 heterocycles. The van der Waals surface area contributed by atoms with E-state index >= 15 is 0 Å². The summed E-state index contributed by atoms with van der Waals surface area (Å²) in [6.45, 7) is -0.172. The number of ether oxygens (including phenoxy) is 1. The van der Waals surface area contributed by atoms with Crippen LogP contribution in [0.5, 0.6) is 0 Å². The molecule has 27 heavy (non-hydrogen) atoms. The summed E-state index contributed by atoms with van der Waals surface area (Å²) in [4.78, 5) is 25.8. The Kier molecular flexibility index (Phi) is 11.4. The molecule has 9 nitrogen and oxygen atoms in total. The minimum absolute atomic E-state index is 0.207. The van der Waals surface area contributed by atoms with E-state index in [1.807, 2.05) is 0 Å². The number of carbonyl (C=O) groups is 2. The van der Waals surface area contributed by atoms with Crippen LogP contribution in [0.15, 0.2) is 0 Å². The zero-order valence-corrected chi connectivity index (χ0v) is 16.2. The number of hydrogen-bond acceptors (Lipinski definition) is 9. The second-order valence-corrected chi connectivity index (χ2v) is 6.88. The Morgan fingerprint density at radius 1 is 0.815 bits per heavy atom. The van der Waals surface area contributed by atoms with Crippen LogP contribution in [0.3, 0.4) is 0 Å². The number of rotatable bonds is 16. The number of aliphatic hydroxyl groups excluding tert-OH is 3. The molecule has 0 aliphatic rings. The Balaban J connectivity index is 5.93. The molecule has 160 valence electrons. The molecule has 0 radical (unpaired) electrons. The standard InChI is InChI=1S/C18H34O9/c1-3-5-7-16(24,11-20)14(22)18(26,13-27-10-9-19)15(23)17(25,12-21)8-6-4-2/h19-21,24-26H,3-13H2,1-2H3. The molecule has 2 unspecified atom stereocenters. The van der Waals surface area contributed by atoms with Gasteiger partial charge in [0, 0.05) is 0 Å². The van der Waals surface area contributed by atoms with Crippen LogP contribution >= 0.6 is 0 Å². The second kappa shape index (κ2) is 11.8. The van der Waals surface area contributed by atoms with Gasteiger partial charge in [-0.05, 0) is 12.8 Å². The van der Waals surface area contributed by atoms with Gasteiger partial charge in [-0.15, -0.1) is 0 Å². The maximum atomic E-state index is 12.9. The fraction of sp³-hybridized carbons (Fsp3) is 0.889. The van der Waals surface area contributed by atoms with Gasteiger partial charge in [0.05, 0.1) is 33.0 Å². The molecule has 2 atom stereocenters. The predicted molar refractivity (Wildman–Crippen MR) is 96.0 cm³/mol. The first-order chi connectivity index (χ1) is 12.6. The number of carbonyl (C=O) groups excluding carboxylic acids is 2. The topological polar surface area (TPSA) is 165 Å². The molecule has 0 aromatic carbocycles. The molecule has 0 bridgehead atoms. The molecule has 0 saturated heterocycles. The summed E-state index contributed by atoms with van der Waals surface area (Å²) >= 11 is 0. The van der Waals surface area contributed by atoms with E-state index in [4.69, 9.17) is 9.84 Å². The van der Waals surface area contributed by atoms with Gasteiger partial charge in [0.2, 0.25) is 17.2 Å². The van der Waals surface area contributed by atoms with Gasteiger partial charge in [-0.2, -0.15) is 0 Å². The average molecular weight is 394 g/mol. The van der Waals surface area contributed by atoms with Crippen molar-refractivity contribution in [3.8, 4) is 0 Å². The van der Waals surface area contributed by atoms with Crippen LogP contribution in [0.2, 0.25) is 0 Å². The molecule has 6 N–H and O–H groups in total. The van der Waals surface area contributed by atoms with Gasteiger partial charge in [-0.1, -0.05) is 39.5 Å². The molecular weight excluding hydrogens is 360 g/mol. The van der Waals surface area contributed by atoms with Crippen molar-refractivity contribution in [1.82, 2.24) is 0 Å². The van der Waals surface area contributed by atoms with Crippen molar-refractivity contribution in [3.63, 3.8) is 0 Å². The summed E-state index contributed by atoms with van der Waals surface area (Å²) in [5.74, 6) is -2.81. The van der Waals surface area contributed by atoms with Crippen LogP contribution in [0.25, 0.3) is 0 Å². The fourth-order valence-electron chi connectivity index (χ4n) is 2.76. The fourth-order valence-corrected chi connectivity index (χ4v) is 2.76. The van der Waals surface area contributed by atoms with Crippen LogP contribution in [-0.4, -0.2) is 92.0 Å². The number of unbranched alkanes of at least 4 members (excludes halogenated alkanes) is 2. The van der Waals surface area contributed by atoms with E-state index in [-0.39, 0.29) is 19.4 Å². The minimum atomic E-state index is -2.99. The summed E-state index contributed by atoms with van der Waals surface area (Å²) in [6.07, 6.45) is 1.43. The van der Waals surface area contributed by atoms with Crippen molar-refractivity contribution in [1.29, 1.82) is 0 Å². The maximum Gasteiger partial charge on any atom is 0.211 e. The number of Topliss-reactive ketones (excluding diaryl/α,β-unsaturated/α-hetero) is 2. The van der Waals surface area contributed by atoms with E-state index < -0.39 is 54.8 Å². The SMILES string of the molecule is CCCCC(O)(CO)C(=O)C(O)(COCCO)C(=O)C(O)(CO)CCCC. The van der Waals surface area contributed by atoms with Crippen molar-refractivity contribution >= 4 is 11.6 Å². The molecule has 0 fully saturated rings. The molecular formula is C18H34O9. The van der Waals surface area contributed by atoms with Crippen molar-refractivity contribution in [2.45, 2.75) is 69.2 Å². The van der Waals surface area contributed by atoms with E-state index in [9.17, 15) is 35.1 Å². The van der Waals surface area contributed by atoms with Crippen LogP contribution < -0.4 is 0 Å². The second-order valence-electron chi connectivity index (χ2n) is 6.88. The number of hydrogen-bond donors (Lipinski definition) is 6. The third kappa shape index (κ3) is 6.56. The Hall–Kier alpha value is -0.940. The molecule has 0 aromatic rings. The smallest absolute Gasteiger partial charge is 0.211 e. The first-order valence-electron chi connectivity index (χ1n) is 9.29. The average Bonchev–Trinajstić information content (AvgIpc) is 2.68. The van der Waals surface area contributed by atoms with E-state index in [0.717, 1.165) is 0 Å². The zero-order chi connectivity index (χ0) is 21.1. The Bertz CT molecular complexity index is 434. The molecule has 0 aliphatic heterocycles. The third-order valence-electron chi connectivity index (χ3n) is 4.55. The minimum Gasteiger partial charge on any atom is -0.394 e. The van der Waals surface area contributed by atoms with Gasteiger partial charge in [-0.25, -0.2) is 0 Å². The highest BCUT2D eigenvalue weighted by molar-refractivity contribution is 6.16. The maximum absolute atomic E-state index is 12.9. The van der Waals surface area contributed by atoms with Gasteiger partial charge in [0.1, 0.15) is 11.2 Å². The lowest BCUT2D eigenvalue weighted by Gasteiger charge is -2.38. The lowest BCUT2D eigenvalue weighted by atomic mass is 9.74. The summed E-state index contributed by atoms with van der Waals surface area (Å²) in [6, 6.07) is 0. The zero-order valence-electron chi connectivity index (χ0n) is 16.2. The molecule has 0 spiro atoms. The highest BCUT2D eigenvalue weighted by Crippen LogP contribution is 2.29. The molecule has 0 amide bonds. The summed E-state index contributed by atoms with van der Waals surface area (Å²) in [5, 5.41) is 59.7. The van der Waals surface area contributed by atoms with Crippen LogP contribution in [-0.2, 0) is 14.3 Å². The number of aliphatic hydroxyl groups is 6. The molecule has 0 rings (SSSR count). The van der Waals surface area contributed by atoms with Gasteiger partial charge in [0.25, 0.3) is 0 Å². The van der Waals surface area contributed by atoms with E-state index in [1.54, 1.807) is 13.8 Å². The Morgan fingerprint density at radius 2 is 1.22 bits per heavy atom. The summed E-state index contributed by atoms with van der Waals surface area (Å²) in [5.41, 5.74) is -7.82. The summed E-state index contributed by atoms with van der Waals surface area (Å²) < 4.78 is 4.95. The molecule has 9 heteroatoms. The van der Waals surface area contributed by atoms with Gasteiger partial charge >= 0.3 is 0 Å². The number of ketones is 2. The summed E-state index contributed by atoms with van der Waals surface area (Å²) in [7, 11) is 0. The van der Waals surface area contributed by atoms with Gasteiger partial charge in [-0.3, -0.25) is 9.59 Å². The van der Waals surface area contributed by atoms with E-state index in [2.05, 4.69) is 0 Å². The van der Waals surface area contributed by atoms with Crippen molar-refractivity contribution in [2.75, 3.05) is 33.0 Å². The first-order valence-corrected chi connectivity index (χ1v) is 9.29. The van der Waals surface area contributed by atoms with Crippen molar-refractivity contribution in [2.24, 2.45) is 0 Å². The molecule has 0 saturated carbocycles. The van der Waals surface area contributed by atoms with E-state index in [0.29, 0.717) is 25.7 Å². The Morgan fingerprint density at radius 3 is 1.52 bits per heavy atom.